The SMILES string of the molecule is CN=C(NCCc1ccccc1OC)NCc1cnn(-c2ccccc2)c1.I. The van der Waals surface area contributed by atoms with Crippen molar-refractivity contribution in [2.45, 2.75) is 13.0 Å². The highest BCUT2D eigenvalue weighted by Crippen LogP contribution is 2.17. The van der Waals surface area contributed by atoms with E-state index in [2.05, 4.69) is 26.8 Å². The molecule has 0 aliphatic carbocycles. The molecule has 0 aliphatic rings. The smallest absolute Gasteiger partial charge is 0.191 e. The van der Waals surface area contributed by atoms with Gasteiger partial charge in [0.15, 0.2) is 5.96 Å². The second kappa shape index (κ2) is 11.3. The van der Waals surface area contributed by atoms with Gasteiger partial charge in [0.25, 0.3) is 0 Å². The Morgan fingerprint density at radius 2 is 1.82 bits per heavy atom. The minimum atomic E-state index is 0. The standard InChI is InChI=1S/C21H25N5O.HI/c1-22-21(23-13-12-18-8-6-7-11-20(18)27-2)24-14-17-15-25-26(16-17)19-9-4-3-5-10-19;/h3-11,15-16H,12-14H2,1-2H3,(H2,22,23,24);1H. The number of hydrogen-bond donors (Lipinski definition) is 2. The normalized spacial score (nSPS) is 10.9. The van der Waals surface area contributed by atoms with Crippen molar-refractivity contribution in [2.75, 3.05) is 20.7 Å². The van der Waals surface area contributed by atoms with Gasteiger partial charge in [-0.1, -0.05) is 36.4 Å². The molecule has 0 saturated heterocycles. The van der Waals surface area contributed by atoms with Gasteiger partial charge in [-0.25, -0.2) is 4.68 Å². The van der Waals surface area contributed by atoms with E-state index in [0.29, 0.717) is 6.54 Å². The molecule has 28 heavy (non-hydrogen) atoms. The molecule has 0 bridgehead atoms. The molecule has 0 aliphatic heterocycles. The molecule has 6 nitrogen and oxygen atoms in total. The Hall–Kier alpha value is -2.55. The summed E-state index contributed by atoms with van der Waals surface area (Å²) in [7, 11) is 3.47. The van der Waals surface area contributed by atoms with Crippen LogP contribution in [0, 0.1) is 0 Å². The van der Waals surface area contributed by atoms with E-state index in [4.69, 9.17) is 4.74 Å². The Bertz CT molecular complexity index is 879. The lowest BCUT2D eigenvalue weighted by Crippen LogP contribution is -2.37. The number of nitrogens with one attached hydrogen (secondary N) is 2. The molecule has 0 unspecified atom stereocenters. The third-order valence-corrected chi connectivity index (χ3v) is 4.22. The Kier molecular flexibility index (Phi) is 8.80. The van der Waals surface area contributed by atoms with Crippen molar-refractivity contribution in [3.05, 3.63) is 78.1 Å². The number of halogens is 1. The summed E-state index contributed by atoms with van der Waals surface area (Å²) in [5, 5.41) is 11.1. The number of para-hydroxylation sites is 2. The van der Waals surface area contributed by atoms with Crippen molar-refractivity contribution >= 4 is 29.9 Å². The van der Waals surface area contributed by atoms with Gasteiger partial charge < -0.3 is 15.4 Å². The summed E-state index contributed by atoms with van der Waals surface area (Å²) in [6, 6.07) is 18.1. The van der Waals surface area contributed by atoms with Gasteiger partial charge in [-0.05, 0) is 30.2 Å². The Labute approximate surface area is 183 Å². The van der Waals surface area contributed by atoms with Crippen molar-refractivity contribution in [3.8, 4) is 11.4 Å². The van der Waals surface area contributed by atoms with E-state index in [1.807, 2.05) is 65.6 Å². The molecule has 0 spiro atoms. The number of nitrogens with zero attached hydrogens (tertiary/aromatic N) is 3. The van der Waals surface area contributed by atoms with Crippen LogP contribution in [0.15, 0.2) is 72.0 Å². The summed E-state index contributed by atoms with van der Waals surface area (Å²) >= 11 is 0. The fourth-order valence-electron chi connectivity index (χ4n) is 2.80. The highest BCUT2D eigenvalue weighted by molar-refractivity contribution is 14.0. The van der Waals surface area contributed by atoms with Crippen LogP contribution in [0.2, 0.25) is 0 Å². The number of ether oxygens (including phenoxy) is 1. The Balaban J connectivity index is 0.00000280. The van der Waals surface area contributed by atoms with E-state index in [1.165, 1.54) is 5.56 Å². The predicted octanol–water partition coefficient (Wildman–Crippen LogP) is 3.41. The number of aromatic nitrogens is 2. The molecule has 0 fully saturated rings. The summed E-state index contributed by atoms with van der Waals surface area (Å²) in [6.07, 6.45) is 4.74. The van der Waals surface area contributed by atoms with Gasteiger partial charge in [0, 0.05) is 31.9 Å². The van der Waals surface area contributed by atoms with Crippen LogP contribution in [0.25, 0.3) is 5.69 Å². The number of rotatable bonds is 7. The largest absolute Gasteiger partial charge is 0.496 e. The number of methoxy groups -OCH3 is 1. The van der Waals surface area contributed by atoms with Crippen molar-refractivity contribution < 1.29 is 4.74 Å². The van der Waals surface area contributed by atoms with E-state index in [-0.39, 0.29) is 24.0 Å². The lowest BCUT2D eigenvalue weighted by molar-refractivity contribution is 0.409. The molecular formula is C21H26IN5O. The minimum Gasteiger partial charge on any atom is -0.496 e. The van der Waals surface area contributed by atoms with Gasteiger partial charge in [-0.15, -0.1) is 24.0 Å². The monoisotopic (exact) mass is 491 g/mol. The van der Waals surface area contributed by atoms with Crippen LogP contribution in [-0.2, 0) is 13.0 Å². The quantitative estimate of drug-likeness (QED) is 0.302. The van der Waals surface area contributed by atoms with Crippen molar-refractivity contribution in [1.82, 2.24) is 20.4 Å². The average Bonchev–Trinajstić information content (AvgIpc) is 3.20. The van der Waals surface area contributed by atoms with Gasteiger partial charge in [0.2, 0.25) is 0 Å². The van der Waals surface area contributed by atoms with Crippen molar-refractivity contribution in [2.24, 2.45) is 4.99 Å². The predicted molar refractivity (Wildman–Crippen MR) is 124 cm³/mol. The molecule has 2 aromatic carbocycles. The molecule has 0 amide bonds. The van der Waals surface area contributed by atoms with Crippen LogP contribution < -0.4 is 15.4 Å². The lowest BCUT2D eigenvalue weighted by Gasteiger charge is -2.12. The van der Waals surface area contributed by atoms with E-state index < -0.39 is 0 Å². The van der Waals surface area contributed by atoms with E-state index in [0.717, 1.165) is 35.9 Å². The molecule has 0 atom stereocenters. The van der Waals surface area contributed by atoms with Crippen LogP contribution in [0.1, 0.15) is 11.1 Å². The number of guanidine groups is 1. The zero-order valence-corrected chi connectivity index (χ0v) is 18.5. The van der Waals surface area contributed by atoms with E-state index in [9.17, 15) is 0 Å². The second-order valence-corrected chi connectivity index (χ2v) is 6.04. The second-order valence-electron chi connectivity index (χ2n) is 6.04. The van der Waals surface area contributed by atoms with E-state index >= 15 is 0 Å². The molecule has 0 radical (unpaired) electrons. The van der Waals surface area contributed by atoms with Gasteiger partial charge in [0.1, 0.15) is 5.75 Å². The molecule has 1 aromatic heterocycles. The first-order valence-corrected chi connectivity index (χ1v) is 8.95. The topological polar surface area (TPSA) is 63.5 Å². The summed E-state index contributed by atoms with van der Waals surface area (Å²) in [6.45, 7) is 1.42. The Morgan fingerprint density at radius 3 is 2.57 bits per heavy atom. The molecule has 2 N–H and O–H groups in total. The van der Waals surface area contributed by atoms with Gasteiger partial charge in [0.05, 0.1) is 19.0 Å². The van der Waals surface area contributed by atoms with Gasteiger partial charge in [-0.3, -0.25) is 4.99 Å². The maximum Gasteiger partial charge on any atom is 0.191 e. The third kappa shape index (κ3) is 5.98. The molecule has 7 heteroatoms. The molecule has 3 aromatic rings. The van der Waals surface area contributed by atoms with Crippen LogP contribution in [0.5, 0.6) is 5.75 Å². The fraction of sp³-hybridized carbons (Fsp3) is 0.238. The summed E-state index contributed by atoms with van der Waals surface area (Å²) in [5.74, 6) is 1.67. The van der Waals surface area contributed by atoms with Crippen molar-refractivity contribution in [1.29, 1.82) is 0 Å². The molecule has 1 heterocycles. The average molecular weight is 491 g/mol. The fourth-order valence-corrected chi connectivity index (χ4v) is 2.80. The molecule has 148 valence electrons. The van der Waals surface area contributed by atoms with Gasteiger partial charge in [-0.2, -0.15) is 5.10 Å². The van der Waals surface area contributed by atoms with Crippen molar-refractivity contribution in [3.63, 3.8) is 0 Å². The van der Waals surface area contributed by atoms with Crippen LogP contribution >= 0.6 is 24.0 Å². The lowest BCUT2D eigenvalue weighted by atomic mass is 10.1. The minimum absolute atomic E-state index is 0. The maximum atomic E-state index is 5.39. The Morgan fingerprint density at radius 1 is 1.07 bits per heavy atom. The summed E-state index contributed by atoms with van der Waals surface area (Å²) in [5.41, 5.74) is 3.31. The third-order valence-electron chi connectivity index (χ3n) is 4.22. The zero-order valence-electron chi connectivity index (χ0n) is 16.1. The van der Waals surface area contributed by atoms with Gasteiger partial charge >= 0.3 is 0 Å². The number of aliphatic imine (C=N–C) groups is 1. The first-order chi connectivity index (χ1) is 13.3. The summed E-state index contributed by atoms with van der Waals surface area (Å²) in [4.78, 5) is 4.28. The molecular weight excluding hydrogens is 465 g/mol. The van der Waals surface area contributed by atoms with Crippen LogP contribution in [0.3, 0.4) is 0 Å². The first-order valence-electron chi connectivity index (χ1n) is 8.95. The molecule has 0 saturated carbocycles. The maximum absolute atomic E-state index is 5.39. The highest BCUT2D eigenvalue weighted by Gasteiger charge is 2.04. The number of hydrogen-bond acceptors (Lipinski definition) is 3. The van der Waals surface area contributed by atoms with Crippen LogP contribution in [0.4, 0.5) is 0 Å². The number of benzene rings is 2. The first kappa shape index (κ1) is 21.7. The zero-order chi connectivity index (χ0) is 18.9. The van der Waals surface area contributed by atoms with E-state index in [1.54, 1.807) is 14.2 Å². The summed E-state index contributed by atoms with van der Waals surface area (Å²) < 4.78 is 7.26. The molecule has 3 rings (SSSR count). The highest BCUT2D eigenvalue weighted by atomic mass is 127. The van der Waals surface area contributed by atoms with Crippen LogP contribution in [-0.4, -0.2) is 36.4 Å².